The Balaban J connectivity index is 1.61. The van der Waals surface area contributed by atoms with Gasteiger partial charge in [0.1, 0.15) is 22.8 Å². The van der Waals surface area contributed by atoms with E-state index in [9.17, 15) is 34.8 Å². The van der Waals surface area contributed by atoms with Gasteiger partial charge in [0, 0.05) is 35.6 Å². The third-order valence-corrected chi connectivity index (χ3v) is 10.3. The second-order valence-electron chi connectivity index (χ2n) is 13.0. The van der Waals surface area contributed by atoms with Crippen molar-refractivity contribution in [2.75, 3.05) is 20.6 Å². The lowest BCUT2D eigenvalue weighted by molar-refractivity contribution is -0.153. The fourth-order valence-electron chi connectivity index (χ4n) is 7.11. The summed E-state index contributed by atoms with van der Waals surface area (Å²) in [7, 11) is 3.14. The van der Waals surface area contributed by atoms with Crippen molar-refractivity contribution >= 4 is 34.8 Å². The Morgan fingerprint density at radius 3 is 2.36 bits per heavy atom. The van der Waals surface area contributed by atoms with Gasteiger partial charge in [-0.1, -0.05) is 25.4 Å². The molecule has 0 aromatic heterocycles. The molecule has 0 spiro atoms. The molecule has 4 aliphatic rings. The fourth-order valence-corrected chi connectivity index (χ4v) is 7.40. The Bertz CT molecular complexity index is 1430. The van der Waals surface area contributed by atoms with Crippen molar-refractivity contribution in [3.05, 3.63) is 44.7 Å². The number of carbonyl (C=O) groups is 3. The van der Waals surface area contributed by atoms with Crippen molar-refractivity contribution in [2.24, 2.45) is 29.4 Å². The number of likely N-dealkylation sites (N-methyl/N-ethyl adjacent to an activating group) is 1. The molecule has 42 heavy (non-hydrogen) atoms. The second kappa shape index (κ2) is 10.7. The van der Waals surface area contributed by atoms with Crippen molar-refractivity contribution in [3.63, 3.8) is 0 Å². The maximum absolute atomic E-state index is 14.0. The summed E-state index contributed by atoms with van der Waals surface area (Å²) in [6.07, 6.45) is 2.57. The largest absolute Gasteiger partial charge is 0.508 e. The number of aliphatic hydroxyl groups is 3. The van der Waals surface area contributed by atoms with Crippen LogP contribution in [-0.2, 0) is 27.3 Å². The van der Waals surface area contributed by atoms with Gasteiger partial charge in [-0.25, -0.2) is 0 Å². The van der Waals surface area contributed by atoms with Crippen LogP contribution in [0.15, 0.2) is 23.0 Å². The number of phenols is 1. The molecular formula is C31H40ClN3O7. The molecule has 11 heteroatoms. The van der Waals surface area contributed by atoms with E-state index in [0.29, 0.717) is 34.5 Å². The number of nitrogens with two attached hydrogens (primary N) is 1. The van der Waals surface area contributed by atoms with Gasteiger partial charge in [0.25, 0.3) is 5.91 Å². The highest BCUT2D eigenvalue weighted by molar-refractivity contribution is 6.32. The molecular weight excluding hydrogens is 562 g/mol. The molecule has 1 amide bonds. The van der Waals surface area contributed by atoms with Gasteiger partial charge in [-0.15, -0.1) is 0 Å². The van der Waals surface area contributed by atoms with Gasteiger partial charge < -0.3 is 26.2 Å². The molecule has 2 fully saturated rings. The fraction of sp³-hybridized carbons (Fsp3) is 0.581. The smallest absolute Gasteiger partial charge is 0.255 e. The predicted molar refractivity (Wildman–Crippen MR) is 157 cm³/mol. The number of primary amides is 1. The van der Waals surface area contributed by atoms with Crippen LogP contribution in [0.4, 0.5) is 0 Å². The zero-order valence-electron chi connectivity index (χ0n) is 24.6. The Kier molecular flexibility index (Phi) is 7.75. The number of hydrogen-bond acceptors (Lipinski definition) is 9. The molecule has 0 heterocycles. The molecule has 2 saturated carbocycles. The first-order valence-electron chi connectivity index (χ1n) is 14.5. The molecule has 5 rings (SSSR count). The molecule has 1 aromatic carbocycles. The number of fused-ring (bicyclic) bond motifs is 3. The summed E-state index contributed by atoms with van der Waals surface area (Å²) in [5.41, 5.74) is 2.89. The Morgan fingerprint density at radius 1 is 1.17 bits per heavy atom. The molecule has 0 aliphatic heterocycles. The molecule has 1 aromatic rings. The van der Waals surface area contributed by atoms with Crippen LogP contribution in [0.1, 0.15) is 56.7 Å². The lowest BCUT2D eigenvalue weighted by atomic mass is 9.57. The molecule has 10 nitrogen and oxygen atoms in total. The Hall–Kier alpha value is -2.92. The van der Waals surface area contributed by atoms with E-state index < -0.39 is 58.0 Å². The summed E-state index contributed by atoms with van der Waals surface area (Å²) in [4.78, 5) is 43.2. The number of benzene rings is 1. The second-order valence-corrected chi connectivity index (χ2v) is 13.4. The standard InChI is InChI=1S/C31H40ClN3O7/c1-13(2)14(3)35(11-15-6-7-15)12-17-10-20(36)22-18(24(17)32)8-16-9-19-25(34(4)5)27(38)23(30(33)41)29(40)31(19,42)28(39)21(16)26(22)37/h10,13-16,19,25,36-37,40,42H,6-9,11-12H2,1-5H3,(H2,33,41)/t14-,16-,19-,25-,31-/m0/s1. The quantitative estimate of drug-likeness (QED) is 0.282. The van der Waals surface area contributed by atoms with Crippen LogP contribution >= 0.6 is 11.6 Å². The van der Waals surface area contributed by atoms with Crippen molar-refractivity contribution in [1.82, 2.24) is 9.80 Å². The van der Waals surface area contributed by atoms with Crippen LogP contribution in [0.5, 0.6) is 5.75 Å². The minimum Gasteiger partial charge on any atom is -0.508 e. The van der Waals surface area contributed by atoms with Gasteiger partial charge in [-0.3, -0.25) is 24.2 Å². The molecule has 228 valence electrons. The van der Waals surface area contributed by atoms with E-state index in [0.717, 1.165) is 6.54 Å². The van der Waals surface area contributed by atoms with Crippen molar-refractivity contribution < 1.29 is 34.8 Å². The molecule has 0 bridgehead atoms. The number of amides is 1. The minimum atomic E-state index is -2.67. The average molecular weight is 602 g/mol. The SMILES string of the molecule is CC(C)[C@H](C)N(Cc1cc(O)c2c(c1Cl)C[C@H]1C[C@H]3[C@H](N(C)C)C(=O)C(C(N)=O)=C(O)[C@@]3(O)C(=O)C1=C2O)CC1CC1. The van der Waals surface area contributed by atoms with E-state index in [-0.39, 0.29) is 35.8 Å². The highest BCUT2D eigenvalue weighted by Crippen LogP contribution is 2.53. The lowest BCUT2D eigenvalue weighted by Gasteiger charge is -2.50. The summed E-state index contributed by atoms with van der Waals surface area (Å²) in [5, 5.41) is 45.7. The average Bonchev–Trinajstić information content (AvgIpc) is 3.71. The molecule has 0 radical (unpaired) electrons. The third kappa shape index (κ3) is 4.63. The summed E-state index contributed by atoms with van der Waals surface area (Å²) in [5.74, 6) is -5.74. The first kappa shape index (κ1) is 30.5. The highest BCUT2D eigenvalue weighted by atomic mass is 35.5. The molecule has 4 aliphatic carbocycles. The summed E-state index contributed by atoms with van der Waals surface area (Å²) >= 11 is 6.99. The maximum atomic E-state index is 14.0. The number of halogens is 1. The third-order valence-electron chi connectivity index (χ3n) is 9.83. The number of Topliss-reactive ketones (excluding diaryl/α,β-unsaturated/α-hetero) is 2. The first-order chi connectivity index (χ1) is 19.6. The van der Waals surface area contributed by atoms with E-state index in [1.807, 2.05) is 0 Å². The van der Waals surface area contributed by atoms with Crippen LogP contribution < -0.4 is 5.73 Å². The Morgan fingerprint density at radius 2 is 1.81 bits per heavy atom. The van der Waals surface area contributed by atoms with Gasteiger partial charge in [0.05, 0.1) is 11.6 Å². The van der Waals surface area contributed by atoms with Crippen LogP contribution in [0.25, 0.3) is 5.76 Å². The summed E-state index contributed by atoms with van der Waals surface area (Å²) < 4.78 is 0. The first-order valence-corrected chi connectivity index (χ1v) is 14.9. The van der Waals surface area contributed by atoms with E-state index in [1.165, 1.54) is 23.8 Å². The van der Waals surface area contributed by atoms with Gasteiger partial charge in [0.2, 0.25) is 5.78 Å². The summed E-state index contributed by atoms with van der Waals surface area (Å²) in [6.45, 7) is 7.93. The van der Waals surface area contributed by atoms with Crippen LogP contribution in [0, 0.1) is 23.7 Å². The number of ketones is 2. The van der Waals surface area contributed by atoms with Crippen molar-refractivity contribution in [1.29, 1.82) is 0 Å². The lowest BCUT2D eigenvalue weighted by Crippen LogP contribution is -2.65. The van der Waals surface area contributed by atoms with Crippen LogP contribution in [-0.4, -0.2) is 86.0 Å². The van der Waals surface area contributed by atoms with Gasteiger partial charge >= 0.3 is 0 Å². The van der Waals surface area contributed by atoms with Gasteiger partial charge in [0.15, 0.2) is 11.4 Å². The highest BCUT2D eigenvalue weighted by Gasteiger charge is 2.64. The molecule has 5 atom stereocenters. The maximum Gasteiger partial charge on any atom is 0.255 e. The molecule has 6 N–H and O–H groups in total. The molecule has 0 saturated heterocycles. The van der Waals surface area contributed by atoms with Crippen molar-refractivity contribution in [3.8, 4) is 5.75 Å². The monoisotopic (exact) mass is 601 g/mol. The van der Waals surface area contributed by atoms with Crippen LogP contribution in [0.2, 0.25) is 5.02 Å². The van der Waals surface area contributed by atoms with E-state index in [2.05, 4.69) is 25.7 Å². The van der Waals surface area contributed by atoms with Crippen LogP contribution in [0.3, 0.4) is 0 Å². The zero-order valence-corrected chi connectivity index (χ0v) is 25.4. The Labute approximate surface area is 250 Å². The van der Waals surface area contributed by atoms with E-state index >= 15 is 0 Å². The van der Waals surface area contributed by atoms with Crippen molar-refractivity contribution in [2.45, 2.75) is 70.7 Å². The number of nitrogens with zero attached hydrogens (tertiary/aromatic N) is 2. The topological polar surface area (TPSA) is 165 Å². The predicted octanol–water partition coefficient (Wildman–Crippen LogP) is 2.87. The van der Waals surface area contributed by atoms with Gasteiger partial charge in [-0.05, 0) is 81.6 Å². The number of aromatic hydroxyl groups is 1. The number of carbonyl (C=O) groups excluding carboxylic acids is 3. The molecule has 0 unspecified atom stereocenters. The van der Waals surface area contributed by atoms with Gasteiger partial charge in [-0.2, -0.15) is 0 Å². The zero-order chi connectivity index (χ0) is 31.0. The number of hydrogen-bond donors (Lipinski definition) is 5. The minimum absolute atomic E-state index is 0.00527. The number of phenolic OH excluding ortho intramolecular Hbond substituents is 1. The van der Waals surface area contributed by atoms with E-state index in [1.54, 1.807) is 14.1 Å². The van der Waals surface area contributed by atoms with E-state index in [4.69, 9.17) is 17.3 Å². The summed E-state index contributed by atoms with van der Waals surface area (Å²) in [6, 6.07) is 0.650. The number of aliphatic hydroxyl groups excluding tert-OH is 2. The number of rotatable bonds is 8. The normalized spacial score (nSPS) is 28.4.